The largest absolute Gasteiger partial charge is 0.481 e. The third kappa shape index (κ3) is 1.56. The first-order chi connectivity index (χ1) is 6.23. The Labute approximate surface area is 76.2 Å². The minimum absolute atomic E-state index is 0.425. The van der Waals surface area contributed by atoms with E-state index in [1.807, 2.05) is 12.3 Å². The van der Waals surface area contributed by atoms with Crippen LogP contribution in [0.4, 0.5) is 0 Å². The third-order valence-electron chi connectivity index (χ3n) is 2.69. The van der Waals surface area contributed by atoms with Crippen LogP contribution in [0.3, 0.4) is 0 Å². The molecule has 0 bridgehead atoms. The number of carboxylic acids is 1. The molecule has 0 aromatic carbocycles. The van der Waals surface area contributed by atoms with Crippen LogP contribution in [-0.4, -0.2) is 20.9 Å². The van der Waals surface area contributed by atoms with E-state index in [-0.39, 0.29) is 0 Å². The summed E-state index contributed by atoms with van der Waals surface area (Å²) in [5.74, 6) is -0.653. The van der Waals surface area contributed by atoms with E-state index in [1.165, 1.54) is 0 Å². The molecule has 1 saturated carbocycles. The van der Waals surface area contributed by atoms with E-state index >= 15 is 0 Å². The van der Waals surface area contributed by atoms with Crippen LogP contribution in [0.25, 0.3) is 0 Å². The van der Waals surface area contributed by atoms with Gasteiger partial charge in [0.1, 0.15) is 0 Å². The van der Waals surface area contributed by atoms with Crippen LogP contribution >= 0.6 is 0 Å². The van der Waals surface area contributed by atoms with Crippen LogP contribution in [0, 0.1) is 5.41 Å². The fourth-order valence-corrected chi connectivity index (χ4v) is 1.48. The average molecular weight is 180 g/mol. The molecule has 0 amide bonds. The van der Waals surface area contributed by atoms with Crippen molar-refractivity contribution >= 4 is 5.97 Å². The van der Waals surface area contributed by atoms with Gasteiger partial charge in [0.15, 0.2) is 0 Å². The lowest BCUT2D eigenvalue weighted by atomic mass is 10.0. The number of carboxylic acid groups (broad SMARTS) is 1. The van der Waals surface area contributed by atoms with Crippen LogP contribution in [0.2, 0.25) is 0 Å². The number of aryl methyl sites for hydroxylation is 1. The molecule has 1 aromatic rings. The van der Waals surface area contributed by atoms with Crippen molar-refractivity contribution in [3.05, 3.63) is 18.5 Å². The molecule has 1 fully saturated rings. The topological polar surface area (TPSA) is 55.1 Å². The third-order valence-corrected chi connectivity index (χ3v) is 2.69. The van der Waals surface area contributed by atoms with Gasteiger partial charge in [0.05, 0.1) is 5.41 Å². The zero-order chi connectivity index (χ0) is 9.31. The zero-order valence-electron chi connectivity index (χ0n) is 7.31. The Morgan fingerprint density at radius 2 is 2.38 bits per heavy atom. The number of rotatable bonds is 4. The van der Waals surface area contributed by atoms with Crippen molar-refractivity contribution in [3.63, 3.8) is 0 Å². The van der Waals surface area contributed by atoms with E-state index in [1.54, 1.807) is 10.9 Å². The van der Waals surface area contributed by atoms with Crippen molar-refractivity contribution in [3.8, 4) is 0 Å². The van der Waals surface area contributed by atoms with Gasteiger partial charge in [0.25, 0.3) is 0 Å². The SMILES string of the molecule is O=C(O)C1(CCn2cccn2)CC1. The highest BCUT2D eigenvalue weighted by Crippen LogP contribution is 2.49. The van der Waals surface area contributed by atoms with Crippen LogP contribution in [-0.2, 0) is 11.3 Å². The standard InChI is InChI=1S/C9H12N2O2/c12-8(13)9(2-3-9)4-7-11-6-1-5-10-11/h1,5-6H,2-4,7H2,(H,12,13). The van der Waals surface area contributed by atoms with Crippen LogP contribution in [0.15, 0.2) is 18.5 Å². The zero-order valence-corrected chi connectivity index (χ0v) is 7.31. The molecule has 0 saturated heterocycles. The fraction of sp³-hybridized carbons (Fsp3) is 0.556. The van der Waals surface area contributed by atoms with E-state index in [2.05, 4.69) is 5.10 Å². The second kappa shape index (κ2) is 2.87. The lowest BCUT2D eigenvalue weighted by molar-refractivity contribution is -0.143. The lowest BCUT2D eigenvalue weighted by Crippen LogP contribution is -2.17. The van der Waals surface area contributed by atoms with Crippen molar-refractivity contribution in [2.24, 2.45) is 5.41 Å². The molecule has 4 heteroatoms. The monoisotopic (exact) mass is 180 g/mol. The predicted molar refractivity (Wildman–Crippen MR) is 46.1 cm³/mol. The highest BCUT2D eigenvalue weighted by Gasteiger charge is 2.49. The van der Waals surface area contributed by atoms with E-state index in [4.69, 9.17) is 5.11 Å². The second-order valence-electron chi connectivity index (χ2n) is 3.60. The summed E-state index contributed by atoms with van der Waals surface area (Å²) >= 11 is 0. The summed E-state index contributed by atoms with van der Waals surface area (Å²) in [5, 5.41) is 12.9. The average Bonchev–Trinajstić information content (AvgIpc) is 2.73. The van der Waals surface area contributed by atoms with Gasteiger partial charge in [-0.3, -0.25) is 9.48 Å². The first-order valence-electron chi connectivity index (χ1n) is 4.44. The highest BCUT2D eigenvalue weighted by molar-refractivity contribution is 5.77. The minimum Gasteiger partial charge on any atom is -0.481 e. The number of nitrogens with zero attached hydrogens (tertiary/aromatic N) is 2. The maximum Gasteiger partial charge on any atom is 0.309 e. The Morgan fingerprint density at radius 3 is 2.85 bits per heavy atom. The highest BCUT2D eigenvalue weighted by atomic mass is 16.4. The molecule has 0 aliphatic heterocycles. The van der Waals surface area contributed by atoms with E-state index in [0.29, 0.717) is 13.0 Å². The van der Waals surface area contributed by atoms with Crippen LogP contribution in [0.5, 0.6) is 0 Å². The first-order valence-corrected chi connectivity index (χ1v) is 4.44. The number of aliphatic carboxylic acids is 1. The van der Waals surface area contributed by atoms with Gasteiger partial charge in [-0.05, 0) is 25.3 Å². The Morgan fingerprint density at radius 1 is 1.62 bits per heavy atom. The van der Waals surface area contributed by atoms with Crippen molar-refractivity contribution in [2.75, 3.05) is 0 Å². The molecule has 13 heavy (non-hydrogen) atoms. The van der Waals surface area contributed by atoms with Crippen LogP contribution < -0.4 is 0 Å². The van der Waals surface area contributed by atoms with Gasteiger partial charge >= 0.3 is 5.97 Å². The molecular weight excluding hydrogens is 168 g/mol. The molecule has 0 atom stereocenters. The Hall–Kier alpha value is -1.32. The number of hydrogen-bond donors (Lipinski definition) is 1. The molecular formula is C9H12N2O2. The van der Waals surface area contributed by atoms with Crippen LogP contribution in [0.1, 0.15) is 19.3 Å². The maximum absolute atomic E-state index is 10.8. The number of hydrogen-bond acceptors (Lipinski definition) is 2. The van der Waals surface area contributed by atoms with E-state index in [0.717, 1.165) is 12.8 Å². The fourth-order valence-electron chi connectivity index (χ4n) is 1.48. The summed E-state index contributed by atoms with van der Waals surface area (Å²) in [4.78, 5) is 10.8. The van der Waals surface area contributed by atoms with Gasteiger partial charge in [-0.15, -0.1) is 0 Å². The molecule has 70 valence electrons. The Balaban J connectivity index is 1.90. The van der Waals surface area contributed by atoms with Gasteiger partial charge in [-0.1, -0.05) is 0 Å². The van der Waals surface area contributed by atoms with E-state index < -0.39 is 11.4 Å². The molecule has 1 heterocycles. The summed E-state index contributed by atoms with van der Waals surface area (Å²) in [5.41, 5.74) is -0.425. The summed E-state index contributed by atoms with van der Waals surface area (Å²) in [6.45, 7) is 0.708. The summed E-state index contributed by atoms with van der Waals surface area (Å²) < 4.78 is 1.78. The molecule has 1 N–H and O–H groups in total. The summed E-state index contributed by atoms with van der Waals surface area (Å²) in [7, 11) is 0. The second-order valence-corrected chi connectivity index (χ2v) is 3.60. The van der Waals surface area contributed by atoms with Gasteiger partial charge in [-0.25, -0.2) is 0 Å². The lowest BCUT2D eigenvalue weighted by Gasteiger charge is -2.08. The van der Waals surface area contributed by atoms with Gasteiger partial charge in [-0.2, -0.15) is 5.10 Å². The van der Waals surface area contributed by atoms with Crippen molar-refractivity contribution in [1.29, 1.82) is 0 Å². The van der Waals surface area contributed by atoms with Crippen molar-refractivity contribution < 1.29 is 9.90 Å². The summed E-state index contributed by atoms with van der Waals surface area (Å²) in [6, 6.07) is 1.85. The molecule has 1 aliphatic carbocycles. The molecule has 2 rings (SSSR count). The van der Waals surface area contributed by atoms with Gasteiger partial charge < -0.3 is 5.11 Å². The molecule has 0 unspecified atom stereocenters. The normalized spacial score (nSPS) is 18.5. The molecule has 4 nitrogen and oxygen atoms in total. The van der Waals surface area contributed by atoms with Crippen molar-refractivity contribution in [2.45, 2.75) is 25.8 Å². The van der Waals surface area contributed by atoms with E-state index in [9.17, 15) is 4.79 Å². The van der Waals surface area contributed by atoms with Gasteiger partial charge in [0, 0.05) is 18.9 Å². The minimum atomic E-state index is -0.653. The predicted octanol–water partition coefficient (Wildman–Crippen LogP) is 1.14. The number of aromatic nitrogens is 2. The molecule has 1 aliphatic rings. The maximum atomic E-state index is 10.8. The Kier molecular flexibility index (Phi) is 1.83. The Bertz CT molecular complexity index is 301. The van der Waals surface area contributed by atoms with Crippen molar-refractivity contribution in [1.82, 2.24) is 9.78 Å². The molecule has 0 spiro atoms. The molecule has 0 radical (unpaired) electrons. The quantitative estimate of drug-likeness (QED) is 0.755. The first kappa shape index (κ1) is 8.29. The smallest absolute Gasteiger partial charge is 0.309 e. The molecule has 1 aromatic heterocycles. The van der Waals surface area contributed by atoms with Gasteiger partial charge in [0.2, 0.25) is 0 Å². The number of carbonyl (C=O) groups is 1. The summed E-state index contributed by atoms with van der Waals surface area (Å²) in [6.07, 6.45) is 5.91.